The Labute approximate surface area is 348 Å². The van der Waals surface area contributed by atoms with Crippen LogP contribution in [0, 0.1) is 27.7 Å². The lowest BCUT2D eigenvalue weighted by atomic mass is 9.77. The van der Waals surface area contributed by atoms with Gasteiger partial charge < -0.3 is 29.6 Å². The highest BCUT2D eigenvalue weighted by Gasteiger charge is 2.53. The van der Waals surface area contributed by atoms with Gasteiger partial charge in [-0.1, -0.05) is 71.9 Å². The third-order valence-electron chi connectivity index (χ3n) is 11.2. The molecule has 9 heteroatoms. The predicted octanol–water partition coefficient (Wildman–Crippen LogP) is 11.1. The summed E-state index contributed by atoms with van der Waals surface area (Å²) in [5.41, 5.74) is 7.28. The van der Waals surface area contributed by atoms with Crippen molar-refractivity contribution in [1.29, 1.82) is 0 Å². The maximum Gasteiger partial charge on any atom is 0.340 e. The average Bonchev–Trinajstić information content (AvgIpc) is 3.45. The van der Waals surface area contributed by atoms with Gasteiger partial charge in [-0.25, -0.2) is 4.79 Å². The van der Waals surface area contributed by atoms with Gasteiger partial charge in [0.15, 0.2) is 5.60 Å². The summed E-state index contributed by atoms with van der Waals surface area (Å²) in [5, 5.41) is 6.14. The quantitative estimate of drug-likeness (QED) is 0.135. The minimum Gasteiger partial charge on any atom is -0.496 e. The zero-order valence-corrected chi connectivity index (χ0v) is 36.4. The number of fused-ring (bicyclic) bond motifs is 6. The van der Waals surface area contributed by atoms with Crippen molar-refractivity contribution in [2.24, 2.45) is 0 Å². The molecule has 2 heterocycles. The van der Waals surface area contributed by atoms with E-state index in [1.807, 2.05) is 112 Å². The van der Waals surface area contributed by atoms with Crippen LogP contribution in [0.1, 0.15) is 115 Å². The monoisotopic (exact) mass is 796 g/mol. The second-order valence-corrected chi connectivity index (χ2v) is 16.7. The Hall–Kier alpha value is -6.09. The number of rotatable bonds is 10. The van der Waals surface area contributed by atoms with Gasteiger partial charge in [0.25, 0.3) is 0 Å². The molecule has 7 rings (SSSR count). The van der Waals surface area contributed by atoms with Crippen LogP contribution in [0.15, 0.2) is 84.9 Å². The smallest absolute Gasteiger partial charge is 0.340 e. The Morgan fingerprint density at radius 3 is 1.51 bits per heavy atom. The first-order valence-electron chi connectivity index (χ1n) is 20.2. The molecule has 59 heavy (non-hydrogen) atoms. The van der Waals surface area contributed by atoms with Gasteiger partial charge >= 0.3 is 5.97 Å². The number of anilines is 2. The van der Waals surface area contributed by atoms with Gasteiger partial charge in [-0.15, -0.1) is 0 Å². The molecule has 0 aliphatic carbocycles. The Bertz CT molecular complexity index is 2330. The summed E-state index contributed by atoms with van der Waals surface area (Å²) in [4.78, 5) is 40.9. The highest BCUT2D eigenvalue weighted by atomic mass is 16.6. The molecule has 1 spiro atoms. The zero-order chi connectivity index (χ0) is 43.0. The maximum absolute atomic E-state index is 13.7. The van der Waals surface area contributed by atoms with Crippen LogP contribution in [-0.2, 0) is 30.8 Å². The van der Waals surface area contributed by atoms with Crippen molar-refractivity contribution in [3.63, 3.8) is 0 Å². The molecule has 2 N–H and O–H groups in total. The molecule has 0 saturated carbocycles. The van der Waals surface area contributed by atoms with E-state index in [9.17, 15) is 14.4 Å². The number of amides is 2. The molecular formula is C50H56N2O7. The molecule has 2 amide bonds. The number of carbonyl (C=O) groups excluding carboxylic acids is 3. The minimum atomic E-state index is -1.31. The molecule has 5 aromatic carbocycles. The molecule has 2 aliphatic heterocycles. The second-order valence-electron chi connectivity index (χ2n) is 16.7. The Balaban J connectivity index is 0.00000288. The molecule has 0 radical (unpaired) electrons. The minimum absolute atomic E-state index is 0.183. The first-order valence-corrected chi connectivity index (χ1v) is 20.2. The Morgan fingerprint density at radius 2 is 1.07 bits per heavy atom. The summed E-state index contributed by atoms with van der Waals surface area (Å²) >= 11 is 0. The fraction of sp³-hybridized carbons (Fsp3) is 0.340. The molecule has 0 fully saturated rings. The van der Waals surface area contributed by atoms with Crippen LogP contribution in [0.4, 0.5) is 11.4 Å². The van der Waals surface area contributed by atoms with Crippen molar-refractivity contribution in [3.8, 4) is 23.0 Å². The van der Waals surface area contributed by atoms with Gasteiger partial charge in [0, 0.05) is 75.0 Å². The van der Waals surface area contributed by atoms with Crippen molar-refractivity contribution >= 4 is 29.2 Å². The van der Waals surface area contributed by atoms with Crippen LogP contribution in [0.25, 0.3) is 0 Å². The maximum atomic E-state index is 13.7. The number of aryl methyl sites for hydroxylation is 4. The van der Waals surface area contributed by atoms with Crippen LogP contribution >= 0.6 is 0 Å². The van der Waals surface area contributed by atoms with Crippen LogP contribution in [0.3, 0.4) is 0 Å². The number of hydrogen-bond acceptors (Lipinski definition) is 7. The SMILES string of the molecule is CC.COc1cc(C)cc(C)c1C(C)(C)CC(=O)Nc1ccc2c(c1)Oc1cc(NC(=O)CC(C)(C)c3c(C)cc(C)cc3OC)ccc1C21OC(=O)c2ccccc21. The van der Waals surface area contributed by atoms with E-state index in [-0.39, 0.29) is 24.7 Å². The van der Waals surface area contributed by atoms with E-state index < -0.39 is 22.4 Å². The van der Waals surface area contributed by atoms with Crippen LogP contribution < -0.4 is 24.8 Å². The van der Waals surface area contributed by atoms with Crippen LogP contribution in [0.2, 0.25) is 0 Å². The number of benzene rings is 5. The summed E-state index contributed by atoms with van der Waals surface area (Å²) in [6, 6.07) is 26.3. The largest absolute Gasteiger partial charge is 0.496 e. The molecular weight excluding hydrogens is 741 g/mol. The van der Waals surface area contributed by atoms with E-state index in [0.717, 1.165) is 44.9 Å². The van der Waals surface area contributed by atoms with E-state index in [0.29, 0.717) is 45.1 Å². The molecule has 0 aromatic heterocycles. The van der Waals surface area contributed by atoms with Gasteiger partial charge in [0.2, 0.25) is 11.8 Å². The van der Waals surface area contributed by atoms with Gasteiger partial charge in [0.1, 0.15) is 23.0 Å². The average molecular weight is 797 g/mol. The molecule has 0 bridgehead atoms. The molecule has 0 unspecified atom stereocenters. The van der Waals surface area contributed by atoms with Crippen molar-refractivity contribution in [3.05, 3.63) is 141 Å². The molecule has 0 atom stereocenters. The lowest BCUT2D eigenvalue weighted by Crippen LogP contribution is -2.33. The van der Waals surface area contributed by atoms with Gasteiger partial charge in [0.05, 0.1) is 19.8 Å². The summed E-state index contributed by atoms with van der Waals surface area (Å²) in [5.74, 6) is 1.51. The summed E-state index contributed by atoms with van der Waals surface area (Å²) < 4.78 is 24.4. The van der Waals surface area contributed by atoms with Crippen molar-refractivity contribution in [2.45, 2.75) is 98.5 Å². The van der Waals surface area contributed by atoms with Crippen molar-refractivity contribution in [2.75, 3.05) is 24.9 Å². The number of esters is 1. The summed E-state index contributed by atoms with van der Waals surface area (Å²) in [7, 11) is 3.29. The van der Waals surface area contributed by atoms with Crippen LogP contribution in [0.5, 0.6) is 23.0 Å². The fourth-order valence-corrected chi connectivity index (χ4v) is 9.14. The lowest BCUT2D eigenvalue weighted by molar-refractivity contribution is -0.118. The van der Waals surface area contributed by atoms with Gasteiger partial charge in [-0.3, -0.25) is 9.59 Å². The Kier molecular flexibility index (Phi) is 11.7. The topological polar surface area (TPSA) is 112 Å². The lowest BCUT2D eigenvalue weighted by Gasteiger charge is -2.37. The highest BCUT2D eigenvalue weighted by Crippen LogP contribution is 2.57. The fourth-order valence-electron chi connectivity index (χ4n) is 9.14. The summed E-state index contributed by atoms with van der Waals surface area (Å²) in [6.07, 6.45) is 0.387. The number of methoxy groups -OCH3 is 2. The van der Waals surface area contributed by atoms with E-state index in [4.69, 9.17) is 18.9 Å². The van der Waals surface area contributed by atoms with E-state index in [2.05, 4.69) is 22.8 Å². The third kappa shape index (κ3) is 7.90. The third-order valence-corrected chi connectivity index (χ3v) is 11.2. The Morgan fingerprint density at radius 1 is 0.627 bits per heavy atom. The first-order chi connectivity index (χ1) is 28.0. The van der Waals surface area contributed by atoms with Gasteiger partial charge in [-0.05, 0) is 92.4 Å². The molecule has 0 saturated heterocycles. The second kappa shape index (κ2) is 16.3. The van der Waals surface area contributed by atoms with E-state index >= 15 is 0 Å². The molecule has 9 nitrogen and oxygen atoms in total. The number of ether oxygens (including phenoxy) is 4. The predicted molar refractivity (Wildman–Crippen MR) is 234 cm³/mol. The first kappa shape index (κ1) is 42.5. The zero-order valence-electron chi connectivity index (χ0n) is 36.4. The van der Waals surface area contributed by atoms with E-state index in [1.54, 1.807) is 44.6 Å². The summed E-state index contributed by atoms with van der Waals surface area (Å²) in [6.45, 7) is 20.3. The molecule has 5 aromatic rings. The normalized spacial score (nSPS) is 13.5. The molecule has 308 valence electrons. The number of hydrogen-bond donors (Lipinski definition) is 2. The number of carbonyl (C=O) groups is 3. The highest BCUT2D eigenvalue weighted by molar-refractivity contribution is 5.98. The standard InChI is InChI=1S/C48H50N2O7.C2H6/c1-27-19-29(3)43(39(21-27)54-9)46(5,6)25-41(51)49-31-15-17-35-37(23-31)56-38-24-32(16-18-36(38)48(35)34-14-12-11-13-33(34)45(53)57-48)50-42(52)26-47(7,8)44-30(4)20-28(2)22-40(44)55-10;1-2/h11-24H,25-26H2,1-10H3,(H,49,51)(H,50,52);1-2H3. The molecule has 2 aliphatic rings. The van der Waals surface area contributed by atoms with Crippen molar-refractivity contribution in [1.82, 2.24) is 0 Å². The van der Waals surface area contributed by atoms with E-state index in [1.165, 1.54) is 0 Å². The van der Waals surface area contributed by atoms with Gasteiger partial charge in [-0.2, -0.15) is 0 Å². The van der Waals surface area contributed by atoms with Crippen LogP contribution in [-0.4, -0.2) is 32.0 Å². The van der Waals surface area contributed by atoms with Crippen molar-refractivity contribution < 1.29 is 33.3 Å². The number of nitrogens with one attached hydrogen (secondary N) is 2.